The van der Waals surface area contributed by atoms with E-state index in [1.54, 1.807) is 29.8 Å². The van der Waals surface area contributed by atoms with Gasteiger partial charge in [0.05, 0.1) is 29.6 Å². The molecule has 1 heterocycles. The maximum absolute atomic E-state index is 12.1. The van der Waals surface area contributed by atoms with Crippen LogP contribution in [0.25, 0.3) is 16.9 Å². The lowest BCUT2D eigenvalue weighted by Gasteiger charge is -2.08. The van der Waals surface area contributed by atoms with Gasteiger partial charge in [-0.05, 0) is 72.0 Å². The second-order valence-electron chi connectivity index (χ2n) is 5.21. The number of benzene rings is 2. The number of halogens is 1. The summed E-state index contributed by atoms with van der Waals surface area (Å²) in [5.74, 6) is -0.457. The average Bonchev–Trinajstić information content (AvgIpc) is 3.08. The highest BCUT2D eigenvalue weighted by Crippen LogP contribution is 2.25. The molecule has 0 aliphatic carbocycles. The first-order valence-corrected chi connectivity index (χ1v) is 8.74. The summed E-state index contributed by atoms with van der Waals surface area (Å²) in [7, 11) is 0. The molecule has 5 nitrogen and oxygen atoms in total. The molecule has 0 fully saturated rings. The number of rotatable bonds is 4. The molecule has 3 rings (SSSR count). The van der Waals surface area contributed by atoms with Crippen molar-refractivity contribution >= 4 is 28.6 Å². The van der Waals surface area contributed by atoms with Gasteiger partial charge in [0.15, 0.2) is 5.69 Å². The van der Waals surface area contributed by atoms with E-state index in [1.807, 2.05) is 36.4 Å². The zero-order valence-electron chi connectivity index (χ0n) is 13.4. The van der Waals surface area contributed by atoms with Crippen LogP contribution in [0.15, 0.2) is 54.6 Å². The van der Waals surface area contributed by atoms with Crippen molar-refractivity contribution in [3.05, 3.63) is 69.4 Å². The van der Waals surface area contributed by atoms with Crippen LogP contribution in [0.3, 0.4) is 0 Å². The number of aromatic nitrogens is 2. The van der Waals surface area contributed by atoms with Crippen molar-refractivity contribution in [1.82, 2.24) is 9.78 Å². The third-order valence-corrected chi connectivity index (χ3v) is 4.29. The first-order valence-electron chi connectivity index (χ1n) is 7.66. The Morgan fingerprint density at radius 2 is 1.88 bits per heavy atom. The predicted molar refractivity (Wildman–Crippen MR) is 102 cm³/mol. The molecule has 3 aromatic rings. The van der Waals surface area contributed by atoms with E-state index < -0.39 is 5.97 Å². The number of ether oxygens (including phenoxy) is 1. The lowest BCUT2D eigenvalue weighted by Crippen LogP contribution is -2.06. The highest BCUT2D eigenvalue weighted by Gasteiger charge is 2.17. The Balaban J connectivity index is 2.12. The predicted octanol–water partition coefficient (Wildman–Crippen LogP) is 4.19. The second kappa shape index (κ2) is 7.49. The zero-order valence-corrected chi connectivity index (χ0v) is 15.6. The summed E-state index contributed by atoms with van der Waals surface area (Å²) in [5, 5.41) is 13.4. The number of hydrogen-bond donors (Lipinski definition) is 0. The van der Waals surface area contributed by atoms with E-state index in [0.29, 0.717) is 12.2 Å². The molecule has 0 atom stereocenters. The van der Waals surface area contributed by atoms with Crippen LogP contribution in [-0.2, 0) is 4.74 Å². The summed E-state index contributed by atoms with van der Waals surface area (Å²) in [5.41, 5.74) is 3.29. The Bertz CT molecular complexity index is 938. The van der Waals surface area contributed by atoms with Crippen LogP contribution in [0.1, 0.15) is 23.0 Å². The standard InChI is InChI=1S/C19H14IN3O2/c1-2-25-19(24)17-11-18(14-5-3-13(12-21)4-6-14)23(22-17)16-9-7-15(20)8-10-16/h3-11H,2H2,1H3. The van der Waals surface area contributed by atoms with Gasteiger partial charge in [-0.1, -0.05) is 12.1 Å². The van der Waals surface area contributed by atoms with Crippen molar-refractivity contribution in [1.29, 1.82) is 5.26 Å². The molecule has 0 N–H and O–H groups in total. The van der Waals surface area contributed by atoms with Crippen molar-refractivity contribution in [2.45, 2.75) is 6.92 Å². The number of carbonyl (C=O) groups excluding carboxylic acids is 1. The van der Waals surface area contributed by atoms with E-state index in [-0.39, 0.29) is 5.69 Å². The summed E-state index contributed by atoms with van der Waals surface area (Å²) in [4.78, 5) is 12.1. The minimum absolute atomic E-state index is 0.250. The molecule has 6 heteroatoms. The van der Waals surface area contributed by atoms with Gasteiger partial charge in [-0.15, -0.1) is 0 Å². The summed E-state index contributed by atoms with van der Waals surface area (Å²) in [6.07, 6.45) is 0. The third kappa shape index (κ3) is 3.72. The first kappa shape index (κ1) is 17.2. The van der Waals surface area contributed by atoms with E-state index >= 15 is 0 Å². The largest absolute Gasteiger partial charge is 0.461 e. The Labute approximate surface area is 159 Å². The molecule has 0 aliphatic rings. The minimum atomic E-state index is -0.457. The van der Waals surface area contributed by atoms with Gasteiger partial charge >= 0.3 is 5.97 Å². The molecule has 0 saturated carbocycles. The number of carbonyl (C=O) groups is 1. The van der Waals surface area contributed by atoms with Crippen LogP contribution >= 0.6 is 22.6 Å². The van der Waals surface area contributed by atoms with E-state index in [4.69, 9.17) is 10.00 Å². The molecule has 0 saturated heterocycles. The van der Waals surface area contributed by atoms with Crippen LogP contribution in [0.2, 0.25) is 0 Å². The van der Waals surface area contributed by atoms with Crippen LogP contribution in [0, 0.1) is 14.9 Å². The molecular weight excluding hydrogens is 429 g/mol. The molecule has 0 bridgehead atoms. The van der Waals surface area contributed by atoms with Crippen LogP contribution in [0.4, 0.5) is 0 Å². The van der Waals surface area contributed by atoms with Gasteiger partial charge in [0.25, 0.3) is 0 Å². The number of hydrogen-bond acceptors (Lipinski definition) is 4. The van der Waals surface area contributed by atoms with Gasteiger partial charge in [0.1, 0.15) is 0 Å². The van der Waals surface area contributed by atoms with Crippen molar-refractivity contribution in [3.8, 4) is 23.0 Å². The van der Waals surface area contributed by atoms with E-state index in [2.05, 4.69) is 33.8 Å². The van der Waals surface area contributed by atoms with E-state index in [9.17, 15) is 4.79 Å². The Morgan fingerprint density at radius 1 is 1.20 bits per heavy atom. The zero-order chi connectivity index (χ0) is 17.8. The topological polar surface area (TPSA) is 67.9 Å². The van der Waals surface area contributed by atoms with Gasteiger partial charge in [0, 0.05) is 9.13 Å². The Morgan fingerprint density at radius 3 is 2.48 bits per heavy atom. The fourth-order valence-electron chi connectivity index (χ4n) is 2.39. The van der Waals surface area contributed by atoms with Gasteiger partial charge in [0.2, 0.25) is 0 Å². The third-order valence-electron chi connectivity index (χ3n) is 3.57. The molecule has 0 spiro atoms. The Hall–Kier alpha value is -2.66. The van der Waals surface area contributed by atoms with Crippen LogP contribution in [0.5, 0.6) is 0 Å². The molecule has 0 amide bonds. The normalized spacial score (nSPS) is 10.3. The molecule has 0 unspecified atom stereocenters. The lowest BCUT2D eigenvalue weighted by atomic mass is 10.1. The van der Waals surface area contributed by atoms with Crippen molar-refractivity contribution in [3.63, 3.8) is 0 Å². The fraction of sp³-hybridized carbons (Fsp3) is 0.105. The monoisotopic (exact) mass is 443 g/mol. The summed E-state index contributed by atoms with van der Waals surface area (Å²) < 4.78 is 7.89. The minimum Gasteiger partial charge on any atom is -0.461 e. The lowest BCUT2D eigenvalue weighted by molar-refractivity contribution is 0.0519. The van der Waals surface area contributed by atoms with E-state index in [1.165, 1.54) is 0 Å². The summed E-state index contributed by atoms with van der Waals surface area (Å²) >= 11 is 2.24. The quantitative estimate of drug-likeness (QED) is 0.448. The highest BCUT2D eigenvalue weighted by molar-refractivity contribution is 14.1. The maximum atomic E-state index is 12.1. The summed E-state index contributed by atoms with van der Waals surface area (Å²) in [6, 6.07) is 18.8. The van der Waals surface area contributed by atoms with Crippen molar-refractivity contribution in [2.75, 3.05) is 6.61 Å². The maximum Gasteiger partial charge on any atom is 0.358 e. The van der Waals surface area contributed by atoms with Gasteiger partial charge < -0.3 is 4.74 Å². The molecule has 2 aromatic carbocycles. The number of esters is 1. The molecule has 0 aliphatic heterocycles. The van der Waals surface area contributed by atoms with Crippen molar-refractivity contribution in [2.24, 2.45) is 0 Å². The molecule has 1 aromatic heterocycles. The smallest absolute Gasteiger partial charge is 0.358 e. The number of nitriles is 1. The van der Waals surface area contributed by atoms with E-state index in [0.717, 1.165) is 20.5 Å². The van der Waals surface area contributed by atoms with Crippen LogP contribution in [-0.4, -0.2) is 22.4 Å². The Kier molecular flexibility index (Phi) is 5.14. The molecule has 124 valence electrons. The SMILES string of the molecule is CCOC(=O)c1cc(-c2ccc(C#N)cc2)n(-c2ccc(I)cc2)n1. The highest BCUT2D eigenvalue weighted by atomic mass is 127. The fourth-order valence-corrected chi connectivity index (χ4v) is 2.75. The second-order valence-corrected chi connectivity index (χ2v) is 6.46. The number of nitrogens with zero attached hydrogens (tertiary/aromatic N) is 3. The molecule has 25 heavy (non-hydrogen) atoms. The molecule has 0 radical (unpaired) electrons. The summed E-state index contributed by atoms with van der Waals surface area (Å²) in [6.45, 7) is 2.05. The van der Waals surface area contributed by atoms with Gasteiger partial charge in [-0.25, -0.2) is 9.48 Å². The van der Waals surface area contributed by atoms with Gasteiger partial charge in [-0.3, -0.25) is 0 Å². The van der Waals surface area contributed by atoms with Crippen molar-refractivity contribution < 1.29 is 9.53 Å². The van der Waals surface area contributed by atoms with Gasteiger partial charge in [-0.2, -0.15) is 10.4 Å². The first-order chi connectivity index (χ1) is 12.1. The average molecular weight is 443 g/mol. The van der Waals surface area contributed by atoms with Crippen LogP contribution < -0.4 is 0 Å². The molecular formula is C19H14IN3O2.